The molecule has 2 rings (SSSR count). The molecule has 1 saturated heterocycles. The minimum absolute atomic E-state index is 0.0668. The van der Waals surface area contributed by atoms with Gasteiger partial charge in [-0.1, -0.05) is 15.9 Å². The fourth-order valence-electron chi connectivity index (χ4n) is 2.53. The van der Waals surface area contributed by atoms with Crippen LogP contribution >= 0.6 is 15.9 Å². The van der Waals surface area contributed by atoms with Crippen molar-refractivity contribution in [2.45, 2.75) is 25.8 Å². The van der Waals surface area contributed by atoms with E-state index in [0.717, 1.165) is 0 Å². The largest absolute Gasteiger partial charge is 0.478 e. The molecule has 2 amide bonds. The van der Waals surface area contributed by atoms with Crippen molar-refractivity contribution in [1.29, 1.82) is 0 Å². The van der Waals surface area contributed by atoms with Crippen molar-refractivity contribution in [3.63, 3.8) is 0 Å². The number of carbonyl (C=O) groups is 3. The van der Waals surface area contributed by atoms with Crippen LogP contribution < -0.4 is 5.32 Å². The van der Waals surface area contributed by atoms with Gasteiger partial charge in [0.25, 0.3) is 5.91 Å². The molecular formula is C15H17BrN2O4. The summed E-state index contributed by atoms with van der Waals surface area (Å²) in [6, 6.07) is 4.56. The smallest absolute Gasteiger partial charge is 0.335 e. The zero-order valence-electron chi connectivity index (χ0n) is 12.1. The molecule has 0 aliphatic carbocycles. The Morgan fingerprint density at radius 1 is 1.18 bits per heavy atom. The summed E-state index contributed by atoms with van der Waals surface area (Å²) in [5.41, 5.74) is 0.426. The van der Waals surface area contributed by atoms with Crippen LogP contribution in [-0.4, -0.2) is 46.9 Å². The Balaban J connectivity index is 2.07. The lowest BCUT2D eigenvalue weighted by atomic mass is 10.0. The topological polar surface area (TPSA) is 86.7 Å². The van der Waals surface area contributed by atoms with Gasteiger partial charge in [-0.25, -0.2) is 4.79 Å². The van der Waals surface area contributed by atoms with Gasteiger partial charge in [0.1, 0.15) is 0 Å². The summed E-state index contributed by atoms with van der Waals surface area (Å²) >= 11 is 3.23. The number of carbonyl (C=O) groups excluding carboxylic acids is 2. The van der Waals surface area contributed by atoms with Crippen molar-refractivity contribution >= 4 is 33.7 Å². The van der Waals surface area contributed by atoms with E-state index in [1.807, 2.05) is 0 Å². The number of halogens is 1. The number of carboxylic acids is 1. The van der Waals surface area contributed by atoms with Crippen LogP contribution in [0.4, 0.5) is 0 Å². The van der Waals surface area contributed by atoms with Gasteiger partial charge < -0.3 is 15.3 Å². The highest BCUT2D eigenvalue weighted by atomic mass is 79.9. The summed E-state index contributed by atoms with van der Waals surface area (Å²) < 4.78 is 0.559. The molecule has 0 saturated carbocycles. The van der Waals surface area contributed by atoms with Gasteiger partial charge in [-0.2, -0.15) is 0 Å². The maximum Gasteiger partial charge on any atom is 0.335 e. The number of aromatic carboxylic acids is 1. The summed E-state index contributed by atoms with van der Waals surface area (Å²) in [4.78, 5) is 36.3. The maximum atomic E-state index is 12.5. The molecule has 0 spiro atoms. The SMILES string of the molecule is CC(=O)NC1CCN(C(=O)c2cc(Br)cc(C(=O)O)c2)CC1. The molecule has 0 atom stereocenters. The van der Waals surface area contributed by atoms with Crippen LogP contribution in [0.25, 0.3) is 0 Å². The van der Waals surface area contributed by atoms with Crippen LogP contribution in [0.15, 0.2) is 22.7 Å². The number of likely N-dealkylation sites (tertiary alicyclic amines) is 1. The van der Waals surface area contributed by atoms with E-state index >= 15 is 0 Å². The molecule has 1 aliphatic heterocycles. The average Bonchev–Trinajstić information content (AvgIpc) is 2.46. The third-order valence-corrected chi connectivity index (χ3v) is 4.04. The van der Waals surface area contributed by atoms with E-state index in [0.29, 0.717) is 36.0 Å². The average molecular weight is 369 g/mol. The number of rotatable bonds is 3. The van der Waals surface area contributed by atoms with Crippen molar-refractivity contribution in [3.05, 3.63) is 33.8 Å². The lowest BCUT2D eigenvalue weighted by Gasteiger charge is -2.32. The summed E-state index contributed by atoms with van der Waals surface area (Å²) in [7, 11) is 0. The molecule has 2 N–H and O–H groups in total. The standard InChI is InChI=1S/C15H17BrN2O4/c1-9(19)17-13-2-4-18(5-3-13)14(20)10-6-11(15(21)22)8-12(16)7-10/h6-8,13H,2-5H2,1H3,(H,17,19)(H,21,22). The summed E-state index contributed by atoms with van der Waals surface area (Å²) in [6.07, 6.45) is 1.40. The van der Waals surface area contributed by atoms with Gasteiger partial charge in [0, 0.05) is 36.1 Å². The molecule has 1 aromatic rings. The molecule has 22 heavy (non-hydrogen) atoms. The molecule has 1 heterocycles. The summed E-state index contributed by atoms with van der Waals surface area (Å²) in [5.74, 6) is -1.33. The second-order valence-corrected chi connectivity index (χ2v) is 6.22. The van der Waals surface area contributed by atoms with Gasteiger partial charge in [0.05, 0.1) is 5.56 Å². The van der Waals surface area contributed by atoms with E-state index in [9.17, 15) is 14.4 Å². The second-order valence-electron chi connectivity index (χ2n) is 5.30. The zero-order chi connectivity index (χ0) is 16.3. The molecule has 0 radical (unpaired) electrons. The molecule has 1 aromatic carbocycles. The number of piperidine rings is 1. The minimum atomic E-state index is -1.07. The summed E-state index contributed by atoms with van der Waals surface area (Å²) in [5, 5.41) is 11.9. The zero-order valence-corrected chi connectivity index (χ0v) is 13.7. The monoisotopic (exact) mass is 368 g/mol. The van der Waals surface area contributed by atoms with E-state index in [1.165, 1.54) is 19.1 Å². The van der Waals surface area contributed by atoms with Crippen LogP contribution in [0.5, 0.6) is 0 Å². The molecule has 6 nitrogen and oxygen atoms in total. The number of nitrogens with zero attached hydrogens (tertiary/aromatic N) is 1. The Hall–Kier alpha value is -1.89. The van der Waals surface area contributed by atoms with Crippen molar-refractivity contribution in [2.24, 2.45) is 0 Å². The molecule has 118 valence electrons. The second kappa shape index (κ2) is 6.91. The minimum Gasteiger partial charge on any atom is -0.478 e. The highest BCUT2D eigenvalue weighted by molar-refractivity contribution is 9.10. The summed E-state index contributed by atoms with van der Waals surface area (Å²) in [6.45, 7) is 2.56. The van der Waals surface area contributed by atoms with Crippen molar-refractivity contribution in [2.75, 3.05) is 13.1 Å². The first-order chi connectivity index (χ1) is 10.4. The van der Waals surface area contributed by atoms with Crippen molar-refractivity contribution in [1.82, 2.24) is 10.2 Å². The quantitative estimate of drug-likeness (QED) is 0.852. The predicted molar refractivity (Wildman–Crippen MR) is 83.8 cm³/mol. The Kier molecular flexibility index (Phi) is 5.18. The van der Waals surface area contributed by atoms with E-state index in [4.69, 9.17) is 5.11 Å². The lowest BCUT2D eigenvalue weighted by Crippen LogP contribution is -2.46. The van der Waals surface area contributed by atoms with Crippen LogP contribution in [0, 0.1) is 0 Å². The molecule has 0 bridgehead atoms. The first-order valence-electron chi connectivity index (χ1n) is 6.97. The third-order valence-electron chi connectivity index (χ3n) is 3.58. The number of hydrogen-bond donors (Lipinski definition) is 2. The van der Waals surface area contributed by atoms with E-state index in [-0.39, 0.29) is 23.4 Å². The van der Waals surface area contributed by atoms with Crippen LogP contribution in [0.1, 0.15) is 40.5 Å². The predicted octanol–water partition coefficient (Wildman–Crippen LogP) is 1.89. The Morgan fingerprint density at radius 3 is 2.32 bits per heavy atom. The molecule has 1 aliphatic rings. The van der Waals surface area contributed by atoms with Crippen molar-refractivity contribution < 1.29 is 19.5 Å². The molecule has 7 heteroatoms. The number of benzene rings is 1. The van der Waals surface area contributed by atoms with Gasteiger partial charge in [-0.05, 0) is 31.0 Å². The van der Waals surface area contributed by atoms with Crippen LogP contribution in [0.2, 0.25) is 0 Å². The molecule has 0 unspecified atom stereocenters. The normalized spacial score (nSPS) is 15.5. The third kappa shape index (κ3) is 4.07. The number of nitrogens with one attached hydrogen (secondary N) is 1. The van der Waals surface area contributed by atoms with Gasteiger partial charge in [-0.3, -0.25) is 9.59 Å². The van der Waals surface area contributed by atoms with Gasteiger partial charge in [0.15, 0.2) is 0 Å². The Bertz CT molecular complexity index is 610. The fourth-order valence-corrected chi connectivity index (χ4v) is 3.03. The van der Waals surface area contributed by atoms with E-state index < -0.39 is 5.97 Å². The van der Waals surface area contributed by atoms with Crippen LogP contribution in [-0.2, 0) is 4.79 Å². The lowest BCUT2D eigenvalue weighted by molar-refractivity contribution is -0.119. The van der Waals surface area contributed by atoms with Gasteiger partial charge >= 0.3 is 5.97 Å². The van der Waals surface area contributed by atoms with E-state index in [2.05, 4.69) is 21.2 Å². The first-order valence-corrected chi connectivity index (χ1v) is 7.76. The van der Waals surface area contributed by atoms with Crippen LogP contribution in [0.3, 0.4) is 0 Å². The first kappa shape index (κ1) is 16.5. The highest BCUT2D eigenvalue weighted by Gasteiger charge is 2.24. The molecule has 0 aromatic heterocycles. The number of amides is 2. The number of hydrogen-bond acceptors (Lipinski definition) is 3. The van der Waals surface area contributed by atoms with Crippen molar-refractivity contribution in [3.8, 4) is 0 Å². The Labute approximate surface area is 136 Å². The highest BCUT2D eigenvalue weighted by Crippen LogP contribution is 2.19. The fraction of sp³-hybridized carbons (Fsp3) is 0.400. The molecular weight excluding hydrogens is 352 g/mol. The maximum absolute atomic E-state index is 12.5. The van der Waals surface area contributed by atoms with Gasteiger partial charge in [-0.15, -0.1) is 0 Å². The Morgan fingerprint density at radius 2 is 1.77 bits per heavy atom. The van der Waals surface area contributed by atoms with Gasteiger partial charge in [0.2, 0.25) is 5.91 Å². The van der Waals surface area contributed by atoms with E-state index in [1.54, 1.807) is 11.0 Å². The number of carboxylic acid groups (broad SMARTS) is 1. The molecule has 1 fully saturated rings.